The minimum Gasteiger partial charge on any atom is -0.377 e. The largest absolute Gasteiger partial charge is 0.377 e. The monoisotopic (exact) mass is 225 g/mol. The molecule has 1 N–H and O–H groups in total. The molecule has 0 heterocycles. The molecule has 0 aliphatic rings. The standard InChI is InChI=1S/C13H20FNO/c1-11(15-2)6-5-9-16-10-12-7-3-4-8-13(12)14/h3-4,7-8,11,15H,5-6,9-10H2,1-2H3. The molecule has 1 unspecified atom stereocenters. The first-order valence-corrected chi connectivity index (χ1v) is 5.72. The highest BCUT2D eigenvalue weighted by molar-refractivity contribution is 5.16. The molecule has 1 aromatic carbocycles. The van der Waals surface area contributed by atoms with Crippen molar-refractivity contribution in [2.45, 2.75) is 32.4 Å². The number of hydrogen-bond acceptors (Lipinski definition) is 2. The van der Waals surface area contributed by atoms with Gasteiger partial charge in [0.15, 0.2) is 0 Å². The summed E-state index contributed by atoms with van der Waals surface area (Å²) in [5.41, 5.74) is 0.629. The lowest BCUT2D eigenvalue weighted by Gasteiger charge is -2.10. The van der Waals surface area contributed by atoms with Crippen LogP contribution in [0.5, 0.6) is 0 Å². The Morgan fingerprint density at radius 2 is 2.12 bits per heavy atom. The van der Waals surface area contributed by atoms with E-state index in [1.54, 1.807) is 12.1 Å². The second-order valence-corrected chi connectivity index (χ2v) is 3.98. The fraction of sp³-hybridized carbons (Fsp3) is 0.538. The summed E-state index contributed by atoms with van der Waals surface area (Å²) in [6.07, 6.45) is 2.07. The first kappa shape index (κ1) is 13.1. The summed E-state index contributed by atoms with van der Waals surface area (Å²) >= 11 is 0. The van der Waals surface area contributed by atoms with Gasteiger partial charge in [-0.2, -0.15) is 0 Å². The molecule has 0 aliphatic heterocycles. The molecule has 0 aliphatic carbocycles. The Morgan fingerprint density at radius 1 is 1.38 bits per heavy atom. The Bertz CT molecular complexity index is 304. The minimum absolute atomic E-state index is 0.189. The lowest BCUT2D eigenvalue weighted by Crippen LogP contribution is -2.21. The van der Waals surface area contributed by atoms with E-state index in [0.717, 1.165) is 12.8 Å². The summed E-state index contributed by atoms with van der Waals surface area (Å²) in [6.45, 7) is 3.18. The highest BCUT2D eigenvalue weighted by atomic mass is 19.1. The van der Waals surface area contributed by atoms with E-state index >= 15 is 0 Å². The predicted octanol–water partition coefficient (Wildman–Crippen LogP) is 2.73. The molecule has 0 saturated heterocycles. The van der Waals surface area contributed by atoms with Gasteiger partial charge in [0, 0.05) is 18.2 Å². The van der Waals surface area contributed by atoms with E-state index in [0.29, 0.717) is 24.8 Å². The van der Waals surface area contributed by atoms with Crippen molar-refractivity contribution < 1.29 is 9.13 Å². The molecule has 0 aromatic heterocycles. The number of hydrogen-bond donors (Lipinski definition) is 1. The molecule has 0 bridgehead atoms. The van der Waals surface area contributed by atoms with E-state index in [2.05, 4.69) is 12.2 Å². The summed E-state index contributed by atoms with van der Waals surface area (Å²) < 4.78 is 18.6. The molecular formula is C13H20FNO. The van der Waals surface area contributed by atoms with Gasteiger partial charge in [-0.25, -0.2) is 4.39 Å². The van der Waals surface area contributed by atoms with Crippen molar-refractivity contribution in [3.63, 3.8) is 0 Å². The van der Waals surface area contributed by atoms with Gasteiger partial charge in [-0.05, 0) is 32.9 Å². The molecular weight excluding hydrogens is 205 g/mol. The Kier molecular flexibility index (Phi) is 6.04. The fourth-order valence-electron chi connectivity index (χ4n) is 1.43. The molecule has 0 radical (unpaired) electrons. The number of halogens is 1. The van der Waals surface area contributed by atoms with E-state index in [9.17, 15) is 4.39 Å². The average Bonchev–Trinajstić information content (AvgIpc) is 2.30. The van der Waals surface area contributed by atoms with E-state index in [1.165, 1.54) is 6.07 Å². The summed E-state index contributed by atoms with van der Waals surface area (Å²) in [5, 5.41) is 3.17. The van der Waals surface area contributed by atoms with Crippen molar-refractivity contribution in [1.82, 2.24) is 5.32 Å². The maximum absolute atomic E-state index is 13.2. The van der Waals surface area contributed by atoms with Crippen molar-refractivity contribution in [2.75, 3.05) is 13.7 Å². The van der Waals surface area contributed by atoms with Gasteiger partial charge < -0.3 is 10.1 Å². The van der Waals surface area contributed by atoms with Crippen LogP contribution in [0.4, 0.5) is 4.39 Å². The molecule has 1 rings (SSSR count). The molecule has 0 fully saturated rings. The van der Waals surface area contributed by atoms with Crippen LogP contribution < -0.4 is 5.32 Å². The Hall–Kier alpha value is -0.930. The summed E-state index contributed by atoms with van der Waals surface area (Å²) in [5.74, 6) is -0.189. The minimum atomic E-state index is -0.189. The number of rotatable bonds is 7. The molecule has 3 heteroatoms. The van der Waals surface area contributed by atoms with Gasteiger partial charge in [-0.1, -0.05) is 18.2 Å². The predicted molar refractivity (Wildman–Crippen MR) is 63.8 cm³/mol. The third-order valence-corrected chi connectivity index (χ3v) is 2.63. The smallest absolute Gasteiger partial charge is 0.128 e. The summed E-state index contributed by atoms with van der Waals surface area (Å²) in [7, 11) is 1.95. The lowest BCUT2D eigenvalue weighted by molar-refractivity contribution is 0.113. The van der Waals surface area contributed by atoms with E-state index in [-0.39, 0.29) is 5.82 Å². The van der Waals surface area contributed by atoms with Crippen LogP contribution >= 0.6 is 0 Å². The fourth-order valence-corrected chi connectivity index (χ4v) is 1.43. The zero-order chi connectivity index (χ0) is 11.8. The number of benzene rings is 1. The zero-order valence-corrected chi connectivity index (χ0v) is 10.0. The number of ether oxygens (including phenoxy) is 1. The SMILES string of the molecule is CNC(C)CCCOCc1ccccc1F. The van der Waals surface area contributed by atoms with Crippen LogP contribution in [0.15, 0.2) is 24.3 Å². The van der Waals surface area contributed by atoms with Crippen molar-refractivity contribution in [3.05, 3.63) is 35.6 Å². The van der Waals surface area contributed by atoms with Gasteiger partial charge in [-0.15, -0.1) is 0 Å². The maximum atomic E-state index is 13.2. The Morgan fingerprint density at radius 3 is 2.81 bits per heavy atom. The van der Waals surface area contributed by atoms with E-state index < -0.39 is 0 Å². The van der Waals surface area contributed by atoms with Crippen LogP contribution in [0, 0.1) is 5.82 Å². The molecule has 1 aromatic rings. The van der Waals surface area contributed by atoms with Crippen LogP contribution in [-0.4, -0.2) is 19.7 Å². The molecule has 0 saturated carbocycles. The van der Waals surface area contributed by atoms with Gasteiger partial charge in [0.1, 0.15) is 5.82 Å². The Labute approximate surface area is 96.8 Å². The van der Waals surface area contributed by atoms with Gasteiger partial charge in [0.25, 0.3) is 0 Å². The molecule has 2 nitrogen and oxygen atoms in total. The first-order valence-electron chi connectivity index (χ1n) is 5.72. The zero-order valence-electron chi connectivity index (χ0n) is 10.0. The van der Waals surface area contributed by atoms with Gasteiger partial charge >= 0.3 is 0 Å². The van der Waals surface area contributed by atoms with Crippen molar-refractivity contribution in [1.29, 1.82) is 0 Å². The quantitative estimate of drug-likeness (QED) is 0.720. The second kappa shape index (κ2) is 7.36. The van der Waals surface area contributed by atoms with Crippen molar-refractivity contribution >= 4 is 0 Å². The third kappa shape index (κ3) is 4.73. The van der Waals surface area contributed by atoms with E-state index in [4.69, 9.17) is 4.74 Å². The first-order chi connectivity index (χ1) is 7.74. The average molecular weight is 225 g/mol. The van der Waals surface area contributed by atoms with Crippen LogP contribution in [0.3, 0.4) is 0 Å². The lowest BCUT2D eigenvalue weighted by atomic mass is 10.2. The topological polar surface area (TPSA) is 21.3 Å². The maximum Gasteiger partial charge on any atom is 0.128 e. The van der Waals surface area contributed by atoms with Crippen LogP contribution in [0.2, 0.25) is 0 Å². The van der Waals surface area contributed by atoms with Crippen LogP contribution in [0.25, 0.3) is 0 Å². The molecule has 90 valence electrons. The van der Waals surface area contributed by atoms with Crippen molar-refractivity contribution in [3.8, 4) is 0 Å². The number of nitrogens with one attached hydrogen (secondary N) is 1. The highest BCUT2D eigenvalue weighted by Crippen LogP contribution is 2.08. The molecule has 16 heavy (non-hydrogen) atoms. The molecule has 1 atom stereocenters. The highest BCUT2D eigenvalue weighted by Gasteiger charge is 2.01. The van der Waals surface area contributed by atoms with Gasteiger partial charge in [0.2, 0.25) is 0 Å². The summed E-state index contributed by atoms with van der Waals surface area (Å²) in [6, 6.07) is 7.24. The van der Waals surface area contributed by atoms with E-state index in [1.807, 2.05) is 13.1 Å². The molecule has 0 spiro atoms. The third-order valence-electron chi connectivity index (χ3n) is 2.63. The van der Waals surface area contributed by atoms with Crippen molar-refractivity contribution in [2.24, 2.45) is 0 Å². The van der Waals surface area contributed by atoms with Crippen LogP contribution in [0.1, 0.15) is 25.3 Å². The van der Waals surface area contributed by atoms with Gasteiger partial charge in [-0.3, -0.25) is 0 Å². The Balaban J connectivity index is 2.14. The van der Waals surface area contributed by atoms with Crippen LogP contribution in [-0.2, 0) is 11.3 Å². The molecule has 0 amide bonds. The second-order valence-electron chi connectivity index (χ2n) is 3.98. The summed E-state index contributed by atoms with van der Waals surface area (Å²) in [4.78, 5) is 0. The normalized spacial score (nSPS) is 12.7. The van der Waals surface area contributed by atoms with Gasteiger partial charge in [0.05, 0.1) is 6.61 Å².